The third-order valence-corrected chi connectivity index (χ3v) is 5.65. The summed E-state index contributed by atoms with van der Waals surface area (Å²) < 4.78 is 11.4. The van der Waals surface area contributed by atoms with Crippen molar-refractivity contribution in [2.45, 2.75) is 25.5 Å². The maximum absolute atomic E-state index is 12.1. The Bertz CT molecular complexity index is 484. The summed E-state index contributed by atoms with van der Waals surface area (Å²) in [4.78, 5) is 18.0. The molecule has 0 aromatic carbocycles. The highest BCUT2D eigenvalue weighted by Crippen LogP contribution is 2.21. The van der Waals surface area contributed by atoms with Crippen molar-refractivity contribution in [3.63, 3.8) is 0 Å². The quantitative estimate of drug-likeness (QED) is 0.857. The van der Waals surface area contributed by atoms with Crippen molar-refractivity contribution < 1.29 is 9.00 Å². The molecule has 0 spiro atoms. The van der Waals surface area contributed by atoms with Gasteiger partial charge in [-0.3, -0.25) is 9.53 Å². The smallest absolute Gasteiger partial charge is 0.322 e. The van der Waals surface area contributed by atoms with E-state index in [0.717, 1.165) is 5.69 Å². The third-order valence-electron chi connectivity index (χ3n) is 2.85. The molecule has 0 saturated carbocycles. The van der Waals surface area contributed by atoms with Crippen molar-refractivity contribution >= 4 is 33.3 Å². The van der Waals surface area contributed by atoms with Crippen LogP contribution >= 0.6 is 11.3 Å². The first-order chi connectivity index (χ1) is 8.38. The molecule has 1 saturated heterocycles. The highest BCUT2D eigenvalue weighted by Gasteiger charge is 2.35. The first kappa shape index (κ1) is 13.5. The van der Waals surface area contributed by atoms with E-state index in [4.69, 9.17) is 0 Å². The van der Waals surface area contributed by atoms with Crippen LogP contribution in [0.15, 0.2) is 5.38 Å². The van der Waals surface area contributed by atoms with Gasteiger partial charge in [-0.25, -0.2) is 9.78 Å². The molecule has 7 heteroatoms. The largest absolute Gasteiger partial charge is 0.323 e. The van der Waals surface area contributed by atoms with Crippen LogP contribution in [-0.4, -0.2) is 43.7 Å². The molecule has 0 unspecified atom stereocenters. The van der Waals surface area contributed by atoms with E-state index in [1.807, 2.05) is 26.2 Å². The van der Waals surface area contributed by atoms with Gasteiger partial charge < -0.3 is 4.90 Å². The van der Waals surface area contributed by atoms with Gasteiger partial charge in [0.05, 0.1) is 10.4 Å². The van der Waals surface area contributed by atoms with Crippen LogP contribution < -0.4 is 5.32 Å². The number of anilines is 1. The molecule has 100 valence electrons. The molecule has 1 aliphatic rings. The summed E-state index contributed by atoms with van der Waals surface area (Å²) in [6.07, 6.45) is 0. The molecule has 1 atom stereocenters. The molecule has 1 N–H and O–H groups in total. The van der Waals surface area contributed by atoms with Crippen LogP contribution in [0.5, 0.6) is 0 Å². The molecule has 0 bridgehead atoms. The van der Waals surface area contributed by atoms with Gasteiger partial charge >= 0.3 is 6.03 Å². The average Bonchev–Trinajstić information content (AvgIpc) is 2.68. The van der Waals surface area contributed by atoms with E-state index in [2.05, 4.69) is 10.3 Å². The summed E-state index contributed by atoms with van der Waals surface area (Å²) in [7, 11) is -0.865. The van der Waals surface area contributed by atoms with Crippen molar-refractivity contribution in [2.75, 3.05) is 24.2 Å². The number of hydrogen-bond acceptors (Lipinski definition) is 4. The van der Waals surface area contributed by atoms with Gasteiger partial charge in [0.15, 0.2) is 5.13 Å². The van der Waals surface area contributed by atoms with Gasteiger partial charge in [0.2, 0.25) is 0 Å². The van der Waals surface area contributed by atoms with Gasteiger partial charge in [-0.1, -0.05) is 0 Å². The summed E-state index contributed by atoms with van der Waals surface area (Å²) in [5.41, 5.74) is 0.898. The van der Waals surface area contributed by atoms with Crippen LogP contribution in [0.4, 0.5) is 9.93 Å². The second-order valence-electron chi connectivity index (χ2n) is 4.96. The number of aryl methyl sites for hydroxylation is 1. The number of urea groups is 1. The number of carbonyl (C=O) groups excluding carboxylic acids is 1. The van der Waals surface area contributed by atoms with Crippen LogP contribution in [-0.2, 0) is 10.8 Å². The minimum absolute atomic E-state index is 0.158. The minimum Gasteiger partial charge on any atom is -0.322 e. The monoisotopic (exact) mass is 287 g/mol. The van der Waals surface area contributed by atoms with Crippen LogP contribution in [0.1, 0.15) is 19.5 Å². The fraction of sp³-hybridized carbons (Fsp3) is 0.636. The number of nitrogens with one attached hydrogen (secondary N) is 1. The third kappa shape index (κ3) is 2.89. The number of nitrogens with zero attached hydrogens (tertiary/aromatic N) is 2. The molecule has 0 aliphatic carbocycles. The topological polar surface area (TPSA) is 62.3 Å². The molecule has 1 aromatic heterocycles. The first-order valence-electron chi connectivity index (χ1n) is 5.75. The number of thiazole rings is 1. The van der Waals surface area contributed by atoms with Gasteiger partial charge in [0.25, 0.3) is 0 Å². The molecule has 1 aliphatic heterocycles. The summed E-state index contributed by atoms with van der Waals surface area (Å²) in [5, 5.41) is 5.29. The molecule has 18 heavy (non-hydrogen) atoms. The van der Waals surface area contributed by atoms with E-state index in [-0.39, 0.29) is 10.8 Å². The zero-order valence-corrected chi connectivity index (χ0v) is 12.4. The molecule has 0 radical (unpaired) electrons. The predicted molar refractivity (Wildman–Crippen MR) is 74.5 cm³/mol. The highest BCUT2D eigenvalue weighted by atomic mass is 32.2. The number of rotatable bonds is 1. The standard InChI is InChI=1S/C11H17N3O2S2/c1-8-6-17-9(12-8)13-10(15)14-4-5-18(16)11(2,3)7-14/h6H,4-5,7H2,1-3H3,(H,12,13,15)/t18-/m1/s1. The number of amides is 2. The van der Waals surface area contributed by atoms with Crippen molar-refractivity contribution in [2.24, 2.45) is 0 Å². The summed E-state index contributed by atoms with van der Waals surface area (Å²) in [6, 6.07) is -0.158. The van der Waals surface area contributed by atoms with Crippen molar-refractivity contribution in [1.82, 2.24) is 9.88 Å². The van der Waals surface area contributed by atoms with Crippen LogP contribution in [0.3, 0.4) is 0 Å². The van der Waals surface area contributed by atoms with Crippen molar-refractivity contribution in [3.05, 3.63) is 11.1 Å². The fourth-order valence-electron chi connectivity index (χ4n) is 1.84. The normalized spacial score (nSPS) is 22.8. The van der Waals surface area contributed by atoms with E-state index in [0.29, 0.717) is 24.0 Å². The molecule has 5 nitrogen and oxygen atoms in total. The van der Waals surface area contributed by atoms with Gasteiger partial charge in [-0.15, -0.1) is 11.3 Å². The van der Waals surface area contributed by atoms with E-state index in [1.165, 1.54) is 11.3 Å². The molecular weight excluding hydrogens is 270 g/mol. The number of carbonyl (C=O) groups is 1. The Morgan fingerprint density at radius 3 is 2.89 bits per heavy atom. The Morgan fingerprint density at radius 2 is 2.33 bits per heavy atom. The van der Waals surface area contributed by atoms with Gasteiger partial charge in [-0.2, -0.15) is 0 Å². The fourth-order valence-corrected chi connectivity index (χ4v) is 3.75. The van der Waals surface area contributed by atoms with E-state index < -0.39 is 10.8 Å². The maximum atomic E-state index is 12.1. The average molecular weight is 287 g/mol. The Balaban J connectivity index is 2.00. The zero-order valence-electron chi connectivity index (χ0n) is 10.7. The lowest BCUT2D eigenvalue weighted by atomic mass is 10.2. The molecule has 1 fully saturated rings. The predicted octanol–water partition coefficient (Wildman–Crippen LogP) is 1.83. The Morgan fingerprint density at radius 1 is 1.61 bits per heavy atom. The first-order valence-corrected chi connectivity index (χ1v) is 7.95. The lowest BCUT2D eigenvalue weighted by Gasteiger charge is -2.36. The Hall–Kier alpha value is -0.950. The number of hydrogen-bond donors (Lipinski definition) is 1. The molecule has 2 rings (SSSR count). The van der Waals surface area contributed by atoms with E-state index >= 15 is 0 Å². The molecule has 1 aromatic rings. The van der Waals surface area contributed by atoms with Crippen LogP contribution in [0.2, 0.25) is 0 Å². The van der Waals surface area contributed by atoms with Gasteiger partial charge in [-0.05, 0) is 20.8 Å². The molecule has 2 amide bonds. The molecular formula is C11H17N3O2S2. The lowest BCUT2D eigenvalue weighted by Crippen LogP contribution is -2.53. The van der Waals surface area contributed by atoms with Crippen LogP contribution in [0, 0.1) is 6.92 Å². The zero-order chi connectivity index (χ0) is 13.3. The Labute approximate surface area is 113 Å². The van der Waals surface area contributed by atoms with Crippen molar-refractivity contribution in [1.29, 1.82) is 0 Å². The lowest BCUT2D eigenvalue weighted by molar-refractivity contribution is 0.207. The SMILES string of the molecule is Cc1csc(NC(=O)N2CC[S@@](=O)C(C)(C)C2)n1. The maximum Gasteiger partial charge on any atom is 0.323 e. The summed E-state index contributed by atoms with van der Waals surface area (Å²) >= 11 is 1.41. The van der Waals surface area contributed by atoms with E-state index in [9.17, 15) is 9.00 Å². The van der Waals surface area contributed by atoms with Gasteiger partial charge in [0.1, 0.15) is 0 Å². The highest BCUT2D eigenvalue weighted by molar-refractivity contribution is 7.86. The minimum atomic E-state index is -0.865. The summed E-state index contributed by atoms with van der Waals surface area (Å²) in [5.74, 6) is 0.539. The van der Waals surface area contributed by atoms with Crippen LogP contribution in [0.25, 0.3) is 0 Å². The second-order valence-corrected chi connectivity index (χ2v) is 8.02. The Kier molecular flexibility index (Phi) is 3.72. The molecule has 2 heterocycles. The summed E-state index contributed by atoms with van der Waals surface area (Å²) in [6.45, 7) is 6.79. The van der Waals surface area contributed by atoms with Crippen molar-refractivity contribution in [3.8, 4) is 0 Å². The number of aromatic nitrogens is 1. The van der Waals surface area contributed by atoms with E-state index in [1.54, 1.807) is 4.90 Å². The second kappa shape index (κ2) is 4.97. The van der Waals surface area contributed by atoms with Gasteiger partial charge in [0, 0.05) is 35.0 Å².